The third-order valence-corrected chi connectivity index (χ3v) is 3.87. The Bertz CT molecular complexity index is 314. The fourth-order valence-electron chi connectivity index (χ4n) is 2.23. The Morgan fingerprint density at radius 2 is 1.86 bits per heavy atom. The molecule has 0 N–H and O–H groups in total. The molecule has 0 saturated heterocycles. The molecule has 14 heavy (non-hydrogen) atoms. The fraction of sp³-hybridized carbons (Fsp3) is 0.500. The molecule has 2 rings (SSSR count). The van der Waals surface area contributed by atoms with Crippen molar-refractivity contribution in [3.8, 4) is 0 Å². The summed E-state index contributed by atoms with van der Waals surface area (Å²) in [6.07, 6.45) is 6.55. The van der Waals surface area contributed by atoms with Crippen molar-refractivity contribution in [1.29, 1.82) is 0 Å². The molecule has 0 aliphatic heterocycles. The Morgan fingerprint density at radius 1 is 1.14 bits per heavy atom. The lowest BCUT2D eigenvalue weighted by Crippen LogP contribution is -1.99. The van der Waals surface area contributed by atoms with Gasteiger partial charge in [0.25, 0.3) is 0 Å². The summed E-state index contributed by atoms with van der Waals surface area (Å²) in [6.45, 7) is 0. The minimum atomic E-state index is 0.683. The third-order valence-electron chi connectivity index (χ3n) is 3.01. The van der Waals surface area contributed by atoms with Gasteiger partial charge in [0, 0.05) is 0 Å². The van der Waals surface area contributed by atoms with Gasteiger partial charge in [-0.05, 0) is 24.0 Å². The maximum Gasteiger partial charge on any atom is 0.0624 e. The van der Waals surface area contributed by atoms with E-state index in [4.69, 9.17) is 23.2 Å². The lowest BCUT2D eigenvalue weighted by molar-refractivity contribution is 0.546. The van der Waals surface area contributed by atoms with Crippen LogP contribution in [-0.4, -0.2) is 0 Å². The van der Waals surface area contributed by atoms with E-state index < -0.39 is 0 Å². The lowest BCUT2D eigenvalue weighted by Gasteiger charge is -2.10. The second-order valence-corrected chi connectivity index (χ2v) is 4.85. The molecule has 1 fully saturated rings. The minimum Gasteiger partial charge on any atom is -0.0827 e. The first-order valence-corrected chi connectivity index (χ1v) is 5.96. The van der Waals surface area contributed by atoms with Gasteiger partial charge in [-0.25, -0.2) is 0 Å². The maximum atomic E-state index is 6.14. The lowest BCUT2D eigenvalue weighted by atomic mass is 9.98. The van der Waals surface area contributed by atoms with Crippen molar-refractivity contribution in [3.63, 3.8) is 0 Å². The zero-order chi connectivity index (χ0) is 9.97. The van der Waals surface area contributed by atoms with Crippen molar-refractivity contribution >= 4 is 23.2 Å². The molecule has 0 nitrogen and oxygen atoms in total. The van der Waals surface area contributed by atoms with Crippen LogP contribution in [0.15, 0.2) is 18.2 Å². The van der Waals surface area contributed by atoms with Crippen LogP contribution < -0.4 is 0 Å². The van der Waals surface area contributed by atoms with Gasteiger partial charge in [-0.3, -0.25) is 0 Å². The van der Waals surface area contributed by atoms with Gasteiger partial charge in [0.15, 0.2) is 0 Å². The van der Waals surface area contributed by atoms with Crippen LogP contribution in [0.1, 0.15) is 31.2 Å². The van der Waals surface area contributed by atoms with Crippen molar-refractivity contribution < 1.29 is 0 Å². The van der Waals surface area contributed by atoms with E-state index in [1.54, 1.807) is 0 Å². The Balaban J connectivity index is 2.11. The molecule has 0 atom stereocenters. The molecule has 1 aromatic rings. The summed E-state index contributed by atoms with van der Waals surface area (Å²) < 4.78 is 0. The fourth-order valence-corrected chi connectivity index (χ4v) is 2.63. The van der Waals surface area contributed by atoms with Gasteiger partial charge in [0.2, 0.25) is 0 Å². The molecule has 0 heterocycles. The van der Waals surface area contributed by atoms with Crippen molar-refractivity contribution in [2.24, 2.45) is 5.92 Å². The van der Waals surface area contributed by atoms with Gasteiger partial charge in [0.05, 0.1) is 10.0 Å². The van der Waals surface area contributed by atoms with Crippen LogP contribution in [0.25, 0.3) is 0 Å². The minimum absolute atomic E-state index is 0.683. The zero-order valence-corrected chi connectivity index (χ0v) is 9.61. The smallest absolute Gasteiger partial charge is 0.0624 e. The molecule has 1 saturated carbocycles. The molecule has 1 aliphatic carbocycles. The van der Waals surface area contributed by atoms with Crippen molar-refractivity contribution in [2.75, 3.05) is 0 Å². The highest BCUT2D eigenvalue weighted by atomic mass is 35.5. The first kappa shape index (κ1) is 10.3. The molecule has 0 spiro atoms. The summed E-state index contributed by atoms with van der Waals surface area (Å²) in [5, 5.41) is 1.43. The summed E-state index contributed by atoms with van der Waals surface area (Å²) in [4.78, 5) is 0. The van der Waals surface area contributed by atoms with Crippen molar-refractivity contribution in [3.05, 3.63) is 33.8 Å². The van der Waals surface area contributed by atoms with Gasteiger partial charge in [-0.1, -0.05) is 61.0 Å². The number of halogens is 2. The molecule has 1 aromatic carbocycles. The first-order valence-electron chi connectivity index (χ1n) is 5.20. The van der Waals surface area contributed by atoms with Crippen LogP contribution >= 0.6 is 23.2 Å². The molecule has 0 unspecified atom stereocenters. The molecular weight excluding hydrogens is 215 g/mol. The highest BCUT2D eigenvalue weighted by Gasteiger charge is 2.17. The third kappa shape index (κ3) is 2.24. The van der Waals surface area contributed by atoms with Gasteiger partial charge in [-0.15, -0.1) is 0 Å². The van der Waals surface area contributed by atoms with Crippen LogP contribution in [0.3, 0.4) is 0 Å². The van der Waals surface area contributed by atoms with E-state index in [1.807, 2.05) is 12.1 Å². The van der Waals surface area contributed by atoms with Gasteiger partial charge >= 0.3 is 0 Å². The van der Waals surface area contributed by atoms with E-state index in [0.717, 1.165) is 17.4 Å². The van der Waals surface area contributed by atoms with Gasteiger partial charge in [-0.2, -0.15) is 0 Å². The zero-order valence-electron chi connectivity index (χ0n) is 8.10. The summed E-state index contributed by atoms with van der Waals surface area (Å²) >= 11 is 12.1. The molecular formula is C12H14Cl2. The largest absolute Gasteiger partial charge is 0.0827 e. The van der Waals surface area contributed by atoms with Crippen LogP contribution in [0.5, 0.6) is 0 Å². The number of benzene rings is 1. The van der Waals surface area contributed by atoms with Crippen LogP contribution in [-0.2, 0) is 6.42 Å². The first-order chi connectivity index (χ1) is 6.77. The molecule has 0 amide bonds. The monoisotopic (exact) mass is 228 g/mol. The number of hydrogen-bond donors (Lipinski definition) is 0. The van der Waals surface area contributed by atoms with Gasteiger partial charge < -0.3 is 0 Å². The molecule has 1 aliphatic rings. The second-order valence-electron chi connectivity index (χ2n) is 4.07. The molecule has 0 bridgehead atoms. The Morgan fingerprint density at radius 3 is 2.57 bits per heavy atom. The molecule has 2 heteroatoms. The van der Waals surface area contributed by atoms with Crippen LogP contribution in [0.2, 0.25) is 10.0 Å². The molecule has 0 aromatic heterocycles. The average Bonchev–Trinajstić information content (AvgIpc) is 2.66. The van der Waals surface area contributed by atoms with E-state index in [0.29, 0.717) is 5.02 Å². The second kappa shape index (κ2) is 4.55. The van der Waals surface area contributed by atoms with Crippen molar-refractivity contribution in [2.45, 2.75) is 32.1 Å². The van der Waals surface area contributed by atoms with E-state index in [-0.39, 0.29) is 0 Å². The van der Waals surface area contributed by atoms with E-state index in [2.05, 4.69) is 6.07 Å². The van der Waals surface area contributed by atoms with Gasteiger partial charge in [0.1, 0.15) is 0 Å². The van der Waals surface area contributed by atoms with Crippen LogP contribution in [0.4, 0.5) is 0 Å². The quantitative estimate of drug-likeness (QED) is 0.687. The SMILES string of the molecule is Clc1cccc(CC2CCCC2)c1Cl. The average molecular weight is 229 g/mol. The highest BCUT2D eigenvalue weighted by Crippen LogP contribution is 2.32. The Kier molecular flexibility index (Phi) is 3.35. The molecule has 76 valence electrons. The summed E-state index contributed by atoms with van der Waals surface area (Å²) in [7, 11) is 0. The highest BCUT2D eigenvalue weighted by molar-refractivity contribution is 6.42. The maximum absolute atomic E-state index is 6.14. The normalized spacial score (nSPS) is 17.6. The number of rotatable bonds is 2. The van der Waals surface area contributed by atoms with Crippen molar-refractivity contribution in [1.82, 2.24) is 0 Å². The summed E-state index contributed by atoms with van der Waals surface area (Å²) in [5.41, 5.74) is 1.21. The van der Waals surface area contributed by atoms with E-state index in [1.165, 1.54) is 31.2 Å². The molecule has 0 radical (unpaired) electrons. The topological polar surface area (TPSA) is 0 Å². The Labute approximate surface area is 95.2 Å². The predicted molar refractivity (Wildman–Crippen MR) is 62.1 cm³/mol. The summed E-state index contributed by atoms with van der Waals surface area (Å²) in [6, 6.07) is 5.92. The number of hydrogen-bond acceptors (Lipinski definition) is 0. The van der Waals surface area contributed by atoms with E-state index in [9.17, 15) is 0 Å². The van der Waals surface area contributed by atoms with Crippen LogP contribution in [0, 0.1) is 5.92 Å². The summed E-state index contributed by atoms with van der Waals surface area (Å²) in [5.74, 6) is 0.825. The standard InChI is InChI=1S/C12H14Cl2/c13-11-7-3-6-10(12(11)14)8-9-4-1-2-5-9/h3,6-7,9H,1-2,4-5,8H2. The van der Waals surface area contributed by atoms with E-state index >= 15 is 0 Å². The Hall–Kier alpha value is -0.200. The predicted octanol–water partition coefficient (Wildman–Crippen LogP) is 4.73.